The third kappa shape index (κ3) is 4.16. The van der Waals surface area contributed by atoms with Gasteiger partial charge in [-0.15, -0.1) is 11.3 Å². The van der Waals surface area contributed by atoms with Crippen LogP contribution in [0.4, 0.5) is 0 Å². The summed E-state index contributed by atoms with van der Waals surface area (Å²) >= 11 is 1.95. The molecule has 0 radical (unpaired) electrons. The van der Waals surface area contributed by atoms with Crippen molar-refractivity contribution < 1.29 is 9.47 Å². The zero-order valence-electron chi connectivity index (χ0n) is 24.4. The molecular weight excluding hydrogens is 508 g/mol. The predicted octanol–water partition coefficient (Wildman–Crippen LogP) is 10.8. The van der Waals surface area contributed by atoms with E-state index in [0.29, 0.717) is 0 Å². The SMILES string of the molecule is COC(C)(C)C(C)(C)OC.Cc1ccc2c(c1)c1ccccc1c1ccc3c4ccc5ccccc5c4sc3c12. The summed E-state index contributed by atoms with van der Waals surface area (Å²) in [4.78, 5) is 0. The molecule has 0 saturated heterocycles. The highest BCUT2D eigenvalue weighted by Crippen LogP contribution is 2.45. The van der Waals surface area contributed by atoms with Crippen molar-refractivity contribution in [1.29, 1.82) is 0 Å². The molecule has 7 rings (SSSR count). The predicted molar refractivity (Wildman–Crippen MR) is 176 cm³/mol. The van der Waals surface area contributed by atoms with Crippen LogP contribution in [0.1, 0.15) is 33.3 Å². The van der Waals surface area contributed by atoms with E-state index in [0.717, 1.165) is 0 Å². The van der Waals surface area contributed by atoms with Gasteiger partial charge >= 0.3 is 0 Å². The summed E-state index contributed by atoms with van der Waals surface area (Å²) in [5.74, 6) is 0. The van der Waals surface area contributed by atoms with Gasteiger partial charge in [0.15, 0.2) is 0 Å². The first-order valence-corrected chi connectivity index (χ1v) is 14.7. The Hall–Kier alpha value is -3.50. The molecule has 6 aromatic carbocycles. The Balaban J connectivity index is 0.000000251. The van der Waals surface area contributed by atoms with Gasteiger partial charge in [0.25, 0.3) is 0 Å². The number of hydrogen-bond donors (Lipinski definition) is 0. The van der Waals surface area contributed by atoms with Crippen LogP contribution in [0.15, 0.2) is 91.0 Å². The molecule has 0 spiro atoms. The molecule has 3 heteroatoms. The summed E-state index contributed by atoms with van der Waals surface area (Å²) in [6, 6.07) is 33.7. The molecule has 7 aromatic rings. The number of methoxy groups -OCH3 is 2. The lowest BCUT2D eigenvalue weighted by Crippen LogP contribution is -2.48. The normalized spacial score (nSPS) is 12.6. The van der Waals surface area contributed by atoms with Gasteiger partial charge in [-0.25, -0.2) is 0 Å². The Labute approximate surface area is 240 Å². The molecule has 0 aliphatic rings. The molecule has 1 heterocycles. The van der Waals surface area contributed by atoms with Gasteiger partial charge in [0.05, 0.1) is 11.2 Å². The number of thiophene rings is 1. The number of hydrogen-bond acceptors (Lipinski definition) is 3. The third-order valence-electron chi connectivity index (χ3n) is 8.95. The van der Waals surface area contributed by atoms with Crippen LogP contribution in [-0.4, -0.2) is 25.4 Å². The van der Waals surface area contributed by atoms with Crippen LogP contribution in [0, 0.1) is 6.92 Å². The topological polar surface area (TPSA) is 18.5 Å². The molecule has 0 unspecified atom stereocenters. The minimum Gasteiger partial charge on any atom is -0.376 e. The summed E-state index contributed by atoms with van der Waals surface area (Å²) in [5, 5.41) is 13.5. The minimum atomic E-state index is -0.234. The van der Waals surface area contributed by atoms with Crippen molar-refractivity contribution in [2.24, 2.45) is 0 Å². The van der Waals surface area contributed by atoms with E-state index in [-0.39, 0.29) is 11.2 Å². The van der Waals surface area contributed by atoms with E-state index in [1.54, 1.807) is 14.2 Å². The van der Waals surface area contributed by atoms with E-state index in [4.69, 9.17) is 9.47 Å². The van der Waals surface area contributed by atoms with Crippen molar-refractivity contribution in [3.8, 4) is 0 Å². The van der Waals surface area contributed by atoms with Crippen LogP contribution < -0.4 is 0 Å². The van der Waals surface area contributed by atoms with Crippen LogP contribution in [-0.2, 0) is 9.47 Å². The van der Waals surface area contributed by atoms with Gasteiger partial charge in [0.1, 0.15) is 0 Å². The zero-order valence-corrected chi connectivity index (χ0v) is 25.2. The molecule has 202 valence electrons. The van der Waals surface area contributed by atoms with Crippen LogP contribution >= 0.6 is 11.3 Å². The van der Waals surface area contributed by atoms with E-state index in [1.807, 2.05) is 39.0 Å². The first-order chi connectivity index (χ1) is 19.2. The quantitative estimate of drug-likeness (QED) is 0.206. The standard InChI is InChI=1S/C29H18S.C8H18O2/c1-17-10-12-23-26(16-17)21-9-5-4-8-20(21)22-14-15-25-24-13-11-18-6-2-3-7-19(18)28(24)30-29(25)27(22)23;1-7(2,9-5)8(3,4)10-6/h2-16H,1H3;1-6H3. The highest BCUT2D eigenvalue weighted by atomic mass is 32.1. The molecule has 0 N–H and O–H groups in total. The Bertz CT molecular complexity index is 2030. The maximum absolute atomic E-state index is 5.27. The van der Waals surface area contributed by atoms with Gasteiger partial charge in [0, 0.05) is 39.8 Å². The van der Waals surface area contributed by atoms with E-state index in [1.165, 1.54) is 68.8 Å². The van der Waals surface area contributed by atoms with Gasteiger partial charge < -0.3 is 9.47 Å². The van der Waals surface area contributed by atoms with E-state index in [9.17, 15) is 0 Å². The lowest BCUT2D eigenvalue weighted by Gasteiger charge is -2.38. The van der Waals surface area contributed by atoms with Crippen molar-refractivity contribution in [2.45, 2.75) is 45.8 Å². The number of fused-ring (bicyclic) bond motifs is 12. The fourth-order valence-electron chi connectivity index (χ4n) is 5.60. The fourth-order valence-corrected chi connectivity index (χ4v) is 7.00. The Kier molecular flexibility index (Phi) is 6.58. The van der Waals surface area contributed by atoms with E-state index < -0.39 is 0 Å². The molecular formula is C37H36O2S. The van der Waals surface area contributed by atoms with Gasteiger partial charge in [-0.1, -0.05) is 96.6 Å². The molecule has 0 aliphatic carbocycles. The van der Waals surface area contributed by atoms with Crippen molar-refractivity contribution in [3.63, 3.8) is 0 Å². The second-order valence-electron chi connectivity index (χ2n) is 11.7. The Morgan fingerprint density at radius 2 is 1.00 bits per heavy atom. The van der Waals surface area contributed by atoms with Crippen LogP contribution in [0.25, 0.3) is 63.3 Å². The maximum Gasteiger partial charge on any atom is 0.0905 e. The second kappa shape index (κ2) is 9.85. The summed E-state index contributed by atoms with van der Waals surface area (Å²) in [6.45, 7) is 10.2. The highest BCUT2D eigenvalue weighted by molar-refractivity contribution is 7.27. The molecule has 0 atom stereocenters. The lowest BCUT2D eigenvalue weighted by atomic mass is 9.89. The molecule has 0 fully saturated rings. The smallest absolute Gasteiger partial charge is 0.0905 e. The van der Waals surface area contributed by atoms with E-state index in [2.05, 4.69) is 97.9 Å². The van der Waals surface area contributed by atoms with Crippen molar-refractivity contribution in [2.75, 3.05) is 14.2 Å². The van der Waals surface area contributed by atoms with E-state index >= 15 is 0 Å². The van der Waals surface area contributed by atoms with Crippen LogP contribution in [0.5, 0.6) is 0 Å². The Morgan fingerprint density at radius 3 is 1.68 bits per heavy atom. The van der Waals surface area contributed by atoms with Gasteiger partial charge in [0.2, 0.25) is 0 Å². The molecule has 2 nitrogen and oxygen atoms in total. The fraction of sp³-hybridized carbons (Fsp3) is 0.243. The molecule has 40 heavy (non-hydrogen) atoms. The summed E-state index contributed by atoms with van der Waals surface area (Å²) in [5.41, 5.74) is 0.838. The molecule has 1 aromatic heterocycles. The Morgan fingerprint density at radius 1 is 0.500 bits per heavy atom. The zero-order chi connectivity index (χ0) is 28.2. The minimum absolute atomic E-state index is 0.234. The van der Waals surface area contributed by atoms with Crippen molar-refractivity contribution in [1.82, 2.24) is 0 Å². The van der Waals surface area contributed by atoms with Gasteiger partial charge in [-0.2, -0.15) is 0 Å². The van der Waals surface area contributed by atoms with Crippen molar-refractivity contribution in [3.05, 3.63) is 96.6 Å². The molecule has 0 amide bonds. The number of benzene rings is 6. The van der Waals surface area contributed by atoms with Gasteiger partial charge in [-0.05, 0) is 72.3 Å². The summed E-state index contributed by atoms with van der Waals surface area (Å²) in [6.07, 6.45) is 0. The van der Waals surface area contributed by atoms with Crippen LogP contribution in [0.3, 0.4) is 0 Å². The average molecular weight is 545 g/mol. The highest BCUT2D eigenvalue weighted by Gasteiger charge is 2.37. The van der Waals surface area contributed by atoms with Gasteiger partial charge in [-0.3, -0.25) is 0 Å². The number of rotatable bonds is 3. The summed E-state index contributed by atoms with van der Waals surface area (Å²) < 4.78 is 13.3. The molecule has 0 saturated carbocycles. The monoisotopic (exact) mass is 544 g/mol. The number of ether oxygens (including phenoxy) is 2. The van der Waals surface area contributed by atoms with Crippen molar-refractivity contribution >= 4 is 74.6 Å². The third-order valence-corrected chi connectivity index (χ3v) is 10.2. The first-order valence-electron chi connectivity index (χ1n) is 13.8. The first kappa shape index (κ1) is 26.7. The summed E-state index contributed by atoms with van der Waals surface area (Å²) in [7, 11) is 3.39. The van der Waals surface area contributed by atoms with Crippen LogP contribution in [0.2, 0.25) is 0 Å². The average Bonchev–Trinajstić information content (AvgIpc) is 3.37. The largest absolute Gasteiger partial charge is 0.376 e. The molecule has 0 bridgehead atoms. The second-order valence-corrected chi connectivity index (χ2v) is 12.7. The lowest BCUT2D eigenvalue weighted by molar-refractivity contribution is -0.147. The number of aryl methyl sites for hydroxylation is 1. The maximum atomic E-state index is 5.27. The molecule has 0 aliphatic heterocycles.